The van der Waals surface area contributed by atoms with Crippen molar-refractivity contribution in [2.24, 2.45) is 0 Å². The first kappa shape index (κ1) is 15.3. The zero-order chi connectivity index (χ0) is 16.6. The summed E-state index contributed by atoms with van der Waals surface area (Å²) >= 11 is 11.6. The van der Waals surface area contributed by atoms with Gasteiger partial charge in [-0.05, 0) is 18.2 Å². The van der Waals surface area contributed by atoms with E-state index in [4.69, 9.17) is 39.4 Å². The highest BCUT2D eigenvalue weighted by Crippen LogP contribution is 2.19. The summed E-state index contributed by atoms with van der Waals surface area (Å²) in [4.78, 5) is 26.8. The number of halogens is 2. The fourth-order valence-electron chi connectivity index (χ4n) is 1.89. The van der Waals surface area contributed by atoms with Crippen LogP contribution in [0, 0.1) is 0 Å². The topological polar surface area (TPSA) is 133 Å². The number of hydrogen-bond acceptors (Lipinski definition) is 7. The van der Waals surface area contributed by atoms with Gasteiger partial charge in [-0.25, -0.2) is 19.7 Å². The zero-order valence-corrected chi connectivity index (χ0v) is 13.0. The van der Waals surface area contributed by atoms with Gasteiger partial charge in [-0.2, -0.15) is 0 Å². The van der Waals surface area contributed by atoms with Gasteiger partial charge in [0.2, 0.25) is 0 Å². The van der Waals surface area contributed by atoms with E-state index < -0.39 is 5.97 Å². The molecular weight excluding hydrogens is 343 g/mol. The van der Waals surface area contributed by atoms with E-state index in [-0.39, 0.29) is 29.1 Å². The molecule has 1 aromatic carbocycles. The molecule has 3 aromatic rings. The van der Waals surface area contributed by atoms with Crippen LogP contribution in [0.4, 0.5) is 11.6 Å². The largest absolute Gasteiger partial charge is 0.453 e. The average Bonchev–Trinajstić information content (AvgIpc) is 2.90. The number of carbonyl (C=O) groups excluding carboxylic acids is 1. The lowest BCUT2D eigenvalue weighted by atomic mass is 10.3. The Morgan fingerprint density at radius 1 is 1.17 bits per heavy atom. The van der Waals surface area contributed by atoms with E-state index in [0.717, 1.165) is 5.52 Å². The Kier molecular flexibility index (Phi) is 3.93. The summed E-state index contributed by atoms with van der Waals surface area (Å²) in [5, 5.41) is 0.441. The third-order valence-electron chi connectivity index (χ3n) is 2.93. The van der Waals surface area contributed by atoms with Crippen molar-refractivity contribution in [2.45, 2.75) is 6.61 Å². The second-order valence-electron chi connectivity index (χ2n) is 4.55. The van der Waals surface area contributed by atoms with Crippen LogP contribution >= 0.6 is 23.2 Å². The van der Waals surface area contributed by atoms with E-state index in [0.29, 0.717) is 16.4 Å². The van der Waals surface area contributed by atoms with Crippen molar-refractivity contribution in [2.75, 3.05) is 11.5 Å². The number of hydrogen-bond donors (Lipinski definition) is 3. The van der Waals surface area contributed by atoms with Crippen molar-refractivity contribution in [3.63, 3.8) is 0 Å². The monoisotopic (exact) mass is 352 g/mol. The molecule has 0 aliphatic rings. The Morgan fingerprint density at radius 3 is 2.74 bits per heavy atom. The minimum Gasteiger partial charge on any atom is -0.453 e. The van der Waals surface area contributed by atoms with Crippen LogP contribution in [0.5, 0.6) is 0 Å². The second-order valence-corrected chi connectivity index (χ2v) is 5.35. The number of nitrogens with zero attached hydrogens (tertiary/aromatic N) is 3. The summed E-state index contributed by atoms with van der Waals surface area (Å²) < 4.78 is 5.10. The van der Waals surface area contributed by atoms with Crippen molar-refractivity contribution in [3.8, 4) is 0 Å². The standard InChI is InChI=1S/C13H10Cl2N6O2/c14-5-1-2-6-7(3-5)19-8(18-6)4-23-13(22)9-11(16)21-12(17)10(15)20-9/h1-3H,4H2,(H,18,19)(H4,16,17,21). The molecule has 0 radical (unpaired) electrons. The first-order chi connectivity index (χ1) is 10.9. The highest BCUT2D eigenvalue weighted by atomic mass is 35.5. The van der Waals surface area contributed by atoms with E-state index in [1.165, 1.54) is 0 Å². The van der Waals surface area contributed by atoms with Gasteiger partial charge in [-0.1, -0.05) is 23.2 Å². The maximum absolute atomic E-state index is 12.0. The van der Waals surface area contributed by atoms with Gasteiger partial charge in [0.05, 0.1) is 11.0 Å². The Labute approximate surface area is 139 Å². The number of carbonyl (C=O) groups is 1. The van der Waals surface area contributed by atoms with Crippen molar-refractivity contribution in [1.82, 2.24) is 19.9 Å². The molecule has 0 bridgehead atoms. The molecule has 23 heavy (non-hydrogen) atoms. The number of anilines is 2. The zero-order valence-electron chi connectivity index (χ0n) is 11.5. The van der Waals surface area contributed by atoms with E-state index >= 15 is 0 Å². The number of ether oxygens (including phenoxy) is 1. The normalized spacial score (nSPS) is 10.9. The molecule has 3 rings (SSSR count). The molecule has 0 aliphatic carbocycles. The number of nitrogens with one attached hydrogen (secondary N) is 1. The summed E-state index contributed by atoms with van der Waals surface area (Å²) in [5.41, 5.74) is 12.3. The number of benzene rings is 1. The fourth-order valence-corrected chi connectivity index (χ4v) is 2.19. The Bertz CT molecular complexity index is 911. The molecule has 0 spiro atoms. The summed E-state index contributed by atoms with van der Waals surface area (Å²) in [6.07, 6.45) is 0. The second kappa shape index (κ2) is 5.90. The molecule has 0 saturated heterocycles. The third-order valence-corrected chi connectivity index (χ3v) is 3.45. The number of aromatic amines is 1. The molecule has 2 heterocycles. The SMILES string of the molecule is Nc1nc(N)c(C(=O)OCc2nc3cc(Cl)ccc3[nH]2)nc1Cl. The number of aromatic nitrogens is 4. The number of imidazole rings is 1. The molecule has 0 saturated carbocycles. The maximum atomic E-state index is 12.0. The molecule has 0 amide bonds. The first-order valence-corrected chi connectivity index (χ1v) is 7.09. The molecular formula is C13H10Cl2N6O2. The number of nitrogens with two attached hydrogens (primary N) is 2. The predicted octanol–water partition coefficient (Wildman–Crippen LogP) is 2.18. The van der Waals surface area contributed by atoms with Gasteiger partial charge < -0.3 is 21.2 Å². The molecule has 0 aliphatic heterocycles. The number of fused-ring (bicyclic) bond motifs is 1. The maximum Gasteiger partial charge on any atom is 0.361 e. The Morgan fingerprint density at radius 2 is 1.96 bits per heavy atom. The molecule has 0 atom stereocenters. The third kappa shape index (κ3) is 3.13. The minimum absolute atomic E-state index is 0.0603. The quantitative estimate of drug-likeness (QED) is 0.615. The lowest BCUT2D eigenvalue weighted by Gasteiger charge is -2.06. The van der Waals surface area contributed by atoms with Crippen molar-refractivity contribution in [1.29, 1.82) is 0 Å². The number of esters is 1. The van der Waals surface area contributed by atoms with Crippen LogP contribution < -0.4 is 11.5 Å². The van der Waals surface area contributed by atoms with Crippen molar-refractivity contribution in [3.05, 3.63) is 39.9 Å². The van der Waals surface area contributed by atoms with Crippen LogP contribution in [0.2, 0.25) is 10.2 Å². The molecule has 0 unspecified atom stereocenters. The first-order valence-electron chi connectivity index (χ1n) is 6.34. The van der Waals surface area contributed by atoms with E-state index in [9.17, 15) is 4.79 Å². The molecule has 8 nitrogen and oxygen atoms in total. The van der Waals surface area contributed by atoms with E-state index in [2.05, 4.69) is 19.9 Å². The van der Waals surface area contributed by atoms with Gasteiger partial charge >= 0.3 is 5.97 Å². The minimum atomic E-state index is -0.782. The van der Waals surface area contributed by atoms with Crippen LogP contribution in [-0.2, 0) is 11.3 Å². The highest BCUT2D eigenvalue weighted by molar-refractivity contribution is 6.31. The van der Waals surface area contributed by atoms with Crippen molar-refractivity contribution < 1.29 is 9.53 Å². The summed E-state index contributed by atoms with van der Waals surface area (Å²) in [7, 11) is 0. The molecule has 118 valence electrons. The van der Waals surface area contributed by atoms with E-state index in [1.54, 1.807) is 18.2 Å². The average molecular weight is 353 g/mol. The molecule has 5 N–H and O–H groups in total. The molecule has 10 heteroatoms. The van der Waals surface area contributed by atoms with Crippen LogP contribution in [0.15, 0.2) is 18.2 Å². The van der Waals surface area contributed by atoms with Crippen LogP contribution in [-0.4, -0.2) is 25.9 Å². The smallest absolute Gasteiger partial charge is 0.361 e. The lowest BCUT2D eigenvalue weighted by Crippen LogP contribution is -2.13. The van der Waals surface area contributed by atoms with Gasteiger partial charge in [0, 0.05) is 5.02 Å². The highest BCUT2D eigenvalue weighted by Gasteiger charge is 2.18. The number of nitrogen functional groups attached to an aromatic ring is 2. The molecule has 0 fully saturated rings. The molecule has 2 aromatic heterocycles. The van der Waals surface area contributed by atoms with Gasteiger partial charge in [-0.15, -0.1) is 0 Å². The van der Waals surface area contributed by atoms with Gasteiger partial charge in [-0.3, -0.25) is 0 Å². The van der Waals surface area contributed by atoms with Crippen LogP contribution in [0.25, 0.3) is 11.0 Å². The predicted molar refractivity (Wildman–Crippen MR) is 86.1 cm³/mol. The van der Waals surface area contributed by atoms with Gasteiger partial charge in [0.1, 0.15) is 12.4 Å². The van der Waals surface area contributed by atoms with Crippen molar-refractivity contribution >= 4 is 51.8 Å². The Balaban J connectivity index is 1.76. The van der Waals surface area contributed by atoms with Crippen LogP contribution in [0.1, 0.15) is 16.3 Å². The van der Waals surface area contributed by atoms with Gasteiger partial charge in [0.15, 0.2) is 22.5 Å². The lowest BCUT2D eigenvalue weighted by molar-refractivity contribution is 0.0457. The summed E-state index contributed by atoms with van der Waals surface area (Å²) in [5.74, 6) is -0.553. The van der Waals surface area contributed by atoms with E-state index in [1.807, 2.05) is 0 Å². The Hall–Kier alpha value is -2.58. The number of H-pyrrole nitrogens is 1. The summed E-state index contributed by atoms with van der Waals surface area (Å²) in [6.45, 7) is -0.103. The fraction of sp³-hybridized carbons (Fsp3) is 0.0769. The number of rotatable bonds is 3. The van der Waals surface area contributed by atoms with Crippen LogP contribution in [0.3, 0.4) is 0 Å². The van der Waals surface area contributed by atoms with Gasteiger partial charge in [0.25, 0.3) is 0 Å². The summed E-state index contributed by atoms with van der Waals surface area (Å²) in [6, 6.07) is 5.20.